The number of halogens is 1. The predicted octanol–water partition coefficient (Wildman–Crippen LogP) is 4.21. The lowest BCUT2D eigenvalue weighted by atomic mass is 10.00. The molecule has 5 aromatic rings. The zero-order valence-electron chi connectivity index (χ0n) is 26.5. The number of anilines is 1. The zero-order valence-corrected chi connectivity index (χ0v) is 26.5. The summed E-state index contributed by atoms with van der Waals surface area (Å²) in [4.78, 5) is 45.4. The van der Waals surface area contributed by atoms with E-state index in [0.717, 1.165) is 62.7 Å². The van der Waals surface area contributed by atoms with Gasteiger partial charge in [-0.3, -0.25) is 19.3 Å². The van der Waals surface area contributed by atoms with Gasteiger partial charge >= 0.3 is 0 Å². The van der Waals surface area contributed by atoms with Gasteiger partial charge in [0.15, 0.2) is 22.4 Å². The van der Waals surface area contributed by atoms with E-state index in [1.165, 1.54) is 12.3 Å². The molecule has 0 radical (unpaired) electrons. The number of morpholine rings is 1. The molecule has 2 aliphatic heterocycles. The van der Waals surface area contributed by atoms with Gasteiger partial charge < -0.3 is 29.1 Å². The summed E-state index contributed by atoms with van der Waals surface area (Å²) in [5, 5.41) is 7.58. The number of aromatic nitrogens is 1. The second-order valence-electron chi connectivity index (χ2n) is 13.0. The van der Waals surface area contributed by atoms with Crippen LogP contribution >= 0.6 is 0 Å². The molecule has 4 heterocycles. The number of carbonyl (C=O) groups is 1. The van der Waals surface area contributed by atoms with Gasteiger partial charge in [-0.2, -0.15) is 0 Å². The van der Waals surface area contributed by atoms with Crippen molar-refractivity contribution in [3.8, 4) is 0 Å². The maximum Gasteiger partial charge on any atom is 0.256 e. The number of fused-ring (bicyclic) bond motifs is 5. The highest BCUT2D eigenvalue weighted by atomic mass is 19.1. The number of hydrogen-bond donors (Lipinski definition) is 2. The average molecular weight is 640 g/mol. The molecule has 2 fully saturated rings. The number of nitrogens with zero attached hydrogens (tertiary/aromatic N) is 3. The monoisotopic (exact) mass is 639 g/mol. The number of amides is 1. The van der Waals surface area contributed by atoms with Crippen LogP contribution in [0, 0.1) is 5.82 Å². The molecule has 1 unspecified atom stereocenters. The van der Waals surface area contributed by atoms with Crippen molar-refractivity contribution >= 4 is 56.0 Å². The Morgan fingerprint density at radius 3 is 2.70 bits per heavy atom. The fraction of sp³-hybridized carbons (Fsp3) is 0.417. The average Bonchev–Trinajstić information content (AvgIpc) is 3.62. The first-order valence-electron chi connectivity index (χ1n) is 16.6. The van der Waals surface area contributed by atoms with Crippen LogP contribution in [0.15, 0.2) is 44.5 Å². The van der Waals surface area contributed by atoms with Crippen LogP contribution in [0.3, 0.4) is 0 Å². The summed E-state index contributed by atoms with van der Waals surface area (Å²) >= 11 is 0. The van der Waals surface area contributed by atoms with Crippen LogP contribution in [-0.4, -0.2) is 85.7 Å². The van der Waals surface area contributed by atoms with Gasteiger partial charge in [0.25, 0.3) is 5.91 Å². The van der Waals surface area contributed by atoms with Crippen molar-refractivity contribution in [2.24, 2.45) is 0 Å². The highest BCUT2D eigenvalue weighted by Crippen LogP contribution is 2.37. The van der Waals surface area contributed by atoms with E-state index in [1.807, 2.05) is 18.2 Å². The Labute approximate surface area is 270 Å². The lowest BCUT2D eigenvalue weighted by Crippen LogP contribution is -2.42. The third kappa shape index (κ3) is 5.17. The number of benzene rings is 2. The van der Waals surface area contributed by atoms with Gasteiger partial charge in [0.05, 0.1) is 24.1 Å². The van der Waals surface area contributed by atoms with Crippen LogP contribution in [0.25, 0.3) is 44.4 Å². The van der Waals surface area contributed by atoms with Gasteiger partial charge in [-0.25, -0.2) is 4.39 Å². The molecule has 10 nitrogen and oxygen atoms in total. The van der Waals surface area contributed by atoms with Crippen molar-refractivity contribution in [1.82, 2.24) is 19.5 Å². The number of allylic oxidation sites excluding steroid dienone is 1. The van der Waals surface area contributed by atoms with Gasteiger partial charge in [-0.05, 0) is 74.8 Å². The molecule has 2 aromatic heterocycles. The summed E-state index contributed by atoms with van der Waals surface area (Å²) in [6, 6.07) is 5.25. The van der Waals surface area contributed by atoms with Crippen molar-refractivity contribution in [3.05, 3.63) is 73.4 Å². The Kier molecular flexibility index (Phi) is 7.70. The van der Waals surface area contributed by atoms with E-state index in [4.69, 9.17) is 9.15 Å². The van der Waals surface area contributed by atoms with E-state index >= 15 is 4.39 Å². The molecule has 0 spiro atoms. The standard InChI is InChI=1S/C36H38FN5O5/c1-40-11-4-5-21(40)8-9-38-31-28(37)17-26-32-35(31)47-30-19-25-24(22-6-2-3-7-23(22)33(25)43)18-29(30)42(32)20-27(34(26)44)36(45)39-10-12-41-13-15-46-16-14-41/h3,7,17-21,38H,2,4-6,8-16H2,1H3,(H,39,45). The van der Waals surface area contributed by atoms with Crippen LogP contribution in [0.5, 0.6) is 0 Å². The fourth-order valence-corrected chi connectivity index (χ4v) is 7.68. The van der Waals surface area contributed by atoms with Crippen molar-refractivity contribution in [2.75, 3.05) is 64.8 Å². The van der Waals surface area contributed by atoms with Gasteiger partial charge in [0.2, 0.25) is 5.43 Å². The number of aryl methyl sites for hydroxylation is 1. The SMILES string of the molecule is CN1CCCC1CCNc1c(F)cc2c(=O)c(C(=O)NCCN3CCOCC3)cn3c4cc5c6c(c(=O)c5cc4oc1c23)C=CCC6. The number of ether oxygens (including phenoxy) is 1. The molecule has 2 saturated heterocycles. The van der Waals surface area contributed by atoms with Gasteiger partial charge in [-0.15, -0.1) is 0 Å². The molecule has 244 valence electrons. The normalized spacial score (nSPS) is 19.0. The highest BCUT2D eigenvalue weighted by Gasteiger charge is 2.26. The lowest BCUT2D eigenvalue weighted by Gasteiger charge is -2.26. The molecule has 3 aromatic carbocycles. The Morgan fingerprint density at radius 2 is 1.89 bits per heavy atom. The van der Waals surface area contributed by atoms with Crippen molar-refractivity contribution in [1.29, 1.82) is 0 Å². The molecule has 1 aliphatic carbocycles. The number of likely N-dealkylation sites (tertiary alicyclic amines) is 1. The van der Waals surface area contributed by atoms with E-state index in [-0.39, 0.29) is 27.6 Å². The minimum atomic E-state index is -0.635. The first-order chi connectivity index (χ1) is 22.9. The highest BCUT2D eigenvalue weighted by molar-refractivity contribution is 6.08. The Hall–Kier alpha value is -4.32. The smallest absolute Gasteiger partial charge is 0.256 e. The second kappa shape index (κ2) is 12.0. The van der Waals surface area contributed by atoms with Crippen LogP contribution in [0.1, 0.15) is 47.2 Å². The molecule has 1 atom stereocenters. The van der Waals surface area contributed by atoms with Crippen LogP contribution in [0.2, 0.25) is 0 Å². The molecule has 11 heteroatoms. The summed E-state index contributed by atoms with van der Waals surface area (Å²) in [6.45, 7) is 5.41. The molecule has 47 heavy (non-hydrogen) atoms. The molecular weight excluding hydrogens is 601 g/mol. The van der Waals surface area contributed by atoms with Crippen LogP contribution in [-0.2, 0) is 11.2 Å². The van der Waals surface area contributed by atoms with E-state index in [2.05, 4.69) is 27.5 Å². The number of nitrogens with one attached hydrogen (secondary N) is 2. The summed E-state index contributed by atoms with van der Waals surface area (Å²) in [5.41, 5.74) is 2.62. The maximum absolute atomic E-state index is 16.0. The summed E-state index contributed by atoms with van der Waals surface area (Å²) in [7, 11) is 2.11. The minimum absolute atomic E-state index is 0.0575. The molecular formula is C36H38FN5O5. The molecule has 3 aliphatic rings. The predicted molar refractivity (Wildman–Crippen MR) is 182 cm³/mol. The molecule has 1 amide bonds. The largest absolute Gasteiger partial charge is 0.451 e. The van der Waals surface area contributed by atoms with E-state index in [9.17, 15) is 14.4 Å². The Morgan fingerprint density at radius 1 is 1.04 bits per heavy atom. The summed E-state index contributed by atoms with van der Waals surface area (Å²) in [6.07, 6.45) is 10.1. The molecule has 2 N–H and O–H groups in total. The summed E-state index contributed by atoms with van der Waals surface area (Å²) in [5.74, 6) is -1.16. The number of carbonyl (C=O) groups excluding carboxylic acids is 1. The topological polar surface area (TPSA) is 109 Å². The van der Waals surface area contributed by atoms with Crippen molar-refractivity contribution in [3.63, 3.8) is 0 Å². The number of hydrogen-bond acceptors (Lipinski definition) is 8. The number of rotatable bonds is 8. The lowest BCUT2D eigenvalue weighted by molar-refractivity contribution is 0.0383. The third-order valence-electron chi connectivity index (χ3n) is 10.3. The third-order valence-corrected chi connectivity index (χ3v) is 10.3. The van der Waals surface area contributed by atoms with Gasteiger partial charge in [-0.1, -0.05) is 12.2 Å². The quantitative estimate of drug-likeness (QED) is 0.192. The van der Waals surface area contributed by atoms with E-state index < -0.39 is 17.2 Å². The van der Waals surface area contributed by atoms with E-state index in [1.54, 1.807) is 10.5 Å². The Bertz CT molecular complexity index is 2180. The maximum atomic E-state index is 16.0. The number of pyridine rings is 1. The second-order valence-corrected chi connectivity index (χ2v) is 13.0. The van der Waals surface area contributed by atoms with Gasteiger partial charge in [0.1, 0.15) is 16.8 Å². The Balaban J connectivity index is 1.27. The minimum Gasteiger partial charge on any atom is -0.451 e. The fourth-order valence-electron chi connectivity index (χ4n) is 7.68. The zero-order chi connectivity index (χ0) is 32.2. The molecule has 0 bridgehead atoms. The summed E-state index contributed by atoms with van der Waals surface area (Å²) < 4.78 is 29.6. The van der Waals surface area contributed by atoms with Gasteiger partial charge in [0, 0.05) is 55.9 Å². The van der Waals surface area contributed by atoms with Crippen molar-refractivity contribution in [2.45, 2.75) is 38.1 Å². The van der Waals surface area contributed by atoms with E-state index in [0.29, 0.717) is 66.5 Å². The van der Waals surface area contributed by atoms with Crippen LogP contribution in [0.4, 0.5) is 10.1 Å². The molecule has 0 saturated carbocycles. The first-order valence-corrected chi connectivity index (χ1v) is 16.6. The van der Waals surface area contributed by atoms with Crippen molar-refractivity contribution < 1.29 is 18.3 Å². The molecule has 8 rings (SSSR count). The first kappa shape index (κ1) is 30.0. The van der Waals surface area contributed by atoms with Crippen LogP contribution < -0.4 is 21.5 Å².